The molecule has 1 aromatic rings. The van der Waals surface area contributed by atoms with E-state index in [4.69, 9.17) is 23.8 Å². The van der Waals surface area contributed by atoms with Crippen LogP contribution in [0.4, 0.5) is 5.69 Å². The summed E-state index contributed by atoms with van der Waals surface area (Å²) in [6.07, 6.45) is 3.53. The minimum atomic E-state index is 0.645. The van der Waals surface area contributed by atoms with Crippen LogP contribution in [-0.2, 0) is 0 Å². The number of piperidine rings is 1. The Morgan fingerprint density at radius 3 is 2.65 bits per heavy atom. The van der Waals surface area contributed by atoms with Gasteiger partial charge in [-0.25, -0.2) is 0 Å². The molecule has 0 bridgehead atoms. The third-order valence-electron chi connectivity index (χ3n) is 5.04. The van der Waals surface area contributed by atoms with Gasteiger partial charge in [0.15, 0.2) is 5.11 Å². The second kappa shape index (κ2) is 8.32. The van der Waals surface area contributed by atoms with Crippen molar-refractivity contribution in [3.8, 4) is 0 Å². The van der Waals surface area contributed by atoms with E-state index in [0.717, 1.165) is 47.3 Å². The van der Waals surface area contributed by atoms with Crippen molar-refractivity contribution in [2.45, 2.75) is 52.1 Å². The maximum Gasteiger partial charge on any atom is 0.173 e. The van der Waals surface area contributed by atoms with Gasteiger partial charge in [-0.2, -0.15) is 0 Å². The van der Waals surface area contributed by atoms with Gasteiger partial charge in [-0.15, -0.1) is 0 Å². The molecule has 1 aliphatic heterocycles. The van der Waals surface area contributed by atoms with Crippen LogP contribution in [-0.4, -0.2) is 47.1 Å². The van der Waals surface area contributed by atoms with Crippen LogP contribution in [0.1, 0.15) is 38.7 Å². The van der Waals surface area contributed by atoms with Gasteiger partial charge in [-0.1, -0.05) is 24.6 Å². The normalized spacial score (nSPS) is 17.4. The van der Waals surface area contributed by atoms with Crippen LogP contribution in [0.15, 0.2) is 18.2 Å². The quantitative estimate of drug-likeness (QED) is 0.800. The van der Waals surface area contributed by atoms with Crippen LogP contribution in [0.5, 0.6) is 0 Å². The highest BCUT2D eigenvalue weighted by molar-refractivity contribution is 7.80. The lowest BCUT2D eigenvalue weighted by atomic mass is 10.0. The molecule has 1 fully saturated rings. The predicted octanol–water partition coefficient (Wildman–Crippen LogP) is 4.54. The Hall–Kier alpha value is -0.840. The molecular weight excluding hydrogens is 326 g/mol. The topological polar surface area (TPSA) is 18.5 Å². The van der Waals surface area contributed by atoms with Crippen molar-refractivity contribution in [2.24, 2.45) is 0 Å². The third-order valence-corrected chi connectivity index (χ3v) is 5.80. The summed E-state index contributed by atoms with van der Waals surface area (Å²) < 4.78 is 0. The predicted molar refractivity (Wildman–Crippen MR) is 105 cm³/mol. The first kappa shape index (κ1) is 18.5. The van der Waals surface area contributed by atoms with Crippen LogP contribution in [0.25, 0.3) is 0 Å². The SMILES string of the molecule is CC[C@@H](C)N(C)C1CCN(C(=S)Nc2ccc(C)c(Cl)c2)CC1. The van der Waals surface area contributed by atoms with Crippen LogP contribution < -0.4 is 5.32 Å². The van der Waals surface area contributed by atoms with E-state index in [1.165, 1.54) is 6.42 Å². The highest BCUT2D eigenvalue weighted by Gasteiger charge is 2.25. The number of aryl methyl sites for hydroxylation is 1. The van der Waals surface area contributed by atoms with Gasteiger partial charge in [0.2, 0.25) is 0 Å². The van der Waals surface area contributed by atoms with Crippen LogP contribution in [0.3, 0.4) is 0 Å². The Labute approximate surface area is 151 Å². The molecule has 5 heteroatoms. The van der Waals surface area contributed by atoms with Crippen LogP contribution in [0, 0.1) is 6.92 Å². The zero-order valence-electron chi connectivity index (χ0n) is 14.6. The van der Waals surface area contributed by atoms with Gasteiger partial charge in [0.05, 0.1) is 0 Å². The molecule has 1 saturated heterocycles. The molecule has 23 heavy (non-hydrogen) atoms. The lowest BCUT2D eigenvalue weighted by molar-refractivity contribution is 0.126. The van der Waals surface area contributed by atoms with Gasteiger partial charge in [0.25, 0.3) is 0 Å². The summed E-state index contributed by atoms with van der Waals surface area (Å²) in [7, 11) is 2.25. The minimum absolute atomic E-state index is 0.645. The maximum atomic E-state index is 6.18. The minimum Gasteiger partial charge on any atom is -0.349 e. The smallest absolute Gasteiger partial charge is 0.173 e. The van der Waals surface area contributed by atoms with E-state index in [9.17, 15) is 0 Å². The number of nitrogens with one attached hydrogen (secondary N) is 1. The fraction of sp³-hybridized carbons (Fsp3) is 0.611. The van der Waals surface area contributed by atoms with Gasteiger partial charge in [-0.3, -0.25) is 0 Å². The number of anilines is 1. The fourth-order valence-electron chi connectivity index (χ4n) is 3.00. The molecule has 0 unspecified atom stereocenters. The summed E-state index contributed by atoms with van der Waals surface area (Å²) in [6.45, 7) is 8.58. The zero-order valence-corrected chi connectivity index (χ0v) is 16.2. The molecule has 1 heterocycles. The Balaban J connectivity index is 1.87. The Morgan fingerprint density at radius 1 is 1.43 bits per heavy atom. The summed E-state index contributed by atoms with van der Waals surface area (Å²) in [6, 6.07) is 7.29. The van der Waals surface area contributed by atoms with Crippen molar-refractivity contribution in [2.75, 3.05) is 25.5 Å². The summed E-state index contributed by atoms with van der Waals surface area (Å²) in [4.78, 5) is 4.79. The average Bonchev–Trinajstić information content (AvgIpc) is 2.57. The molecular formula is C18H28ClN3S. The molecule has 3 nitrogen and oxygen atoms in total. The second-order valence-corrected chi connectivity index (χ2v) is 7.33. The number of thiocarbonyl (C=S) groups is 1. The number of halogens is 1. The van der Waals surface area contributed by atoms with E-state index in [0.29, 0.717) is 12.1 Å². The van der Waals surface area contributed by atoms with E-state index in [2.05, 4.69) is 36.0 Å². The number of likely N-dealkylation sites (tertiary alicyclic amines) is 1. The number of hydrogen-bond donors (Lipinski definition) is 1. The number of hydrogen-bond acceptors (Lipinski definition) is 2. The van der Waals surface area contributed by atoms with Gasteiger partial charge >= 0.3 is 0 Å². The molecule has 0 spiro atoms. The highest BCUT2D eigenvalue weighted by Crippen LogP contribution is 2.22. The van der Waals surface area contributed by atoms with E-state index in [-0.39, 0.29) is 0 Å². The number of benzene rings is 1. The lowest BCUT2D eigenvalue weighted by Gasteiger charge is -2.40. The van der Waals surface area contributed by atoms with Crippen molar-refractivity contribution in [1.82, 2.24) is 9.80 Å². The monoisotopic (exact) mass is 353 g/mol. The van der Waals surface area contributed by atoms with E-state index < -0.39 is 0 Å². The highest BCUT2D eigenvalue weighted by atomic mass is 35.5. The first-order chi connectivity index (χ1) is 10.9. The third kappa shape index (κ3) is 4.82. The summed E-state index contributed by atoms with van der Waals surface area (Å²) in [5.41, 5.74) is 2.04. The van der Waals surface area contributed by atoms with E-state index >= 15 is 0 Å². The first-order valence-electron chi connectivity index (χ1n) is 8.46. The molecule has 0 aliphatic carbocycles. The molecule has 0 radical (unpaired) electrons. The molecule has 2 rings (SSSR count). The molecule has 128 valence electrons. The Bertz CT molecular complexity index is 541. The molecule has 1 N–H and O–H groups in total. The van der Waals surface area contributed by atoms with Gasteiger partial charge < -0.3 is 15.1 Å². The summed E-state index contributed by atoms with van der Waals surface area (Å²) in [5, 5.41) is 4.89. The summed E-state index contributed by atoms with van der Waals surface area (Å²) >= 11 is 11.7. The maximum absolute atomic E-state index is 6.18. The first-order valence-corrected chi connectivity index (χ1v) is 9.25. The zero-order chi connectivity index (χ0) is 17.0. The van der Waals surface area contributed by atoms with Crippen molar-refractivity contribution >= 4 is 34.6 Å². The van der Waals surface area contributed by atoms with Gasteiger partial charge in [-0.05, 0) is 70.1 Å². The van der Waals surface area contributed by atoms with Gasteiger partial charge in [0.1, 0.15) is 0 Å². The van der Waals surface area contributed by atoms with Crippen molar-refractivity contribution in [1.29, 1.82) is 0 Å². The van der Waals surface area contributed by atoms with Crippen LogP contribution in [0.2, 0.25) is 5.02 Å². The van der Waals surface area contributed by atoms with Gasteiger partial charge in [0, 0.05) is 35.9 Å². The number of rotatable bonds is 4. The standard InChI is InChI=1S/C18H28ClN3S/c1-5-14(3)21(4)16-8-10-22(11-9-16)18(23)20-15-7-6-13(2)17(19)12-15/h6-7,12,14,16H,5,8-11H2,1-4H3,(H,20,23)/t14-/m1/s1. The van der Waals surface area contributed by atoms with Crippen molar-refractivity contribution in [3.05, 3.63) is 28.8 Å². The van der Waals surface area contributed by atoms with E-state index in [1.54, 1.807) is 0 Å². The summed E-state index contributed by atoms with van der Waals surface area (Å²) in [5.74, 6) is 0. The Morgan fingerprint density at radius 2 is 2.09 bits per heavy atom. The largest absolute Gasteiger partial charge is 0.349 e. The number of nitrogens with zero attached hydrogens (tertiary/aromatic N) is 2. The lowest BCUT2D eigenvalue weighted by Crippen LogP contribution is -2.48. The van der Waals surface area contributed by atoms with Crippen LogP contribution >= 0.6 is 23.8 Å². The Kier molecular flexibility index (Phi) is 6.69. The molecule has 0 saturated carbocycles. The van der Waals surface area contributed by atoms with Crippen molar-refractivity contribution in [3.63, 3.8) is 0 Å². The molecule has 1 atom stereocenters. The second-order valence-electron chi connectivity index (χ2n) is 6.54. The molecule has 1 aliphatic rings. The molecule has 1 aromatic carbocycles. The van der Waals surface area contributed by atoms with E-state index in [1.807, 2.05) is 25.1 Å². The van der Waals surface area contributed by atoms with Crippen molar-refractivity contribution < 1.29 is 0 Å². The fourth-order valence-corrected chi connectivity index (χ4v) is 3.48. The molecule has 0 aromatic heterocycles. The molecule has 0 amide bonds. The average molecular weight is 354 g/mol.